The highest BCUT2D eigenvalue weighted by Gasteiger charge is 2.46. The highest BCUT2D eigenvalue weighted by molar-refractivity contribution is 6.12. The fourth-order valence-corrected chi connectivity index (χ4v) is 10.1. The number of carbonyl (C=O) groups excluding carboxylic acids is 9. The maximum absolute atomic E-state index is 15.4. The topological polar surface area (TPSA) is 291 Å². The first-order valence-electron chi connectivity index (χ1n) is 25.4. The zero-order valence-electron chi connectivity index (χ0n) is 42.1. The number of hydrogen-bond donors (Lipinski definition) is 6. The van der Waals surface area contributed by atoms with E-state index in [2.05, 4.69) is 26.6 Å². The number of pyridine rings is 2. The summed E-state index contributed by atoms with van der Waals surface area (Å²) < 4.78 is 27.7. The number of Topliss-reactive ketones (excluding diaryl/α,β-unsaturated/α-hetero) is 1. The molecule has 2 aromatic carbocycles. The molecule has 3 atom stereocenters. The molecule has 6 N–H and O–H groups in total. The third-order valence-corrected chi connectivity index (χ3v) is 14.2. The van der Waals surface area contributed by atoms with Crippen molar-refractivity contribution in [3.8, 4) is 11.4 Å². The summed E-state index contributed by atoms with van der Waals surface area (Å²) in [5.74, 6) is -5.12. The molecule has 8 rings (SSSR count). The zero-order valence-corrected chi connectivity index (χ0v) is 42.1. The average Bonchev–Trinajstić information content (AvgIpc) is 3.95. The van der Waals surface area contributed by atoms with Gasteiger partial charge in [-0.2, -0.15) is 0 Å². The minimum Gasteiger partial charge on any atom is -0.458 e. The number of unbranched alkanes of at least 4 members (excludes halogenated alkanes) is 2. The van der Waals surface area contributed by atoms with Crippen molar-refractivity contribution in [3.63, 3.8) is 0 Å². The number of cyclic esters (lactones) is 1. The molecule has 22 heteroatoms. The summed E-state index contributed by atoms with van der Waals surface area (Å²) in [6.45, 7) is 1.90. The summed E-state index contributed by atoms with van der Waals surface area (Å²) in [5.41, 5.74) is 2.05. The van der Waals surface area contributed by atoms with Gasteiger partial charge in [0.05, 0.1) is 54.8 Å². The maximum Gasteiger partial charge on any atom is 0.343 e. The number of carbonyl (C=O) groups is 9. The van der Waals surface area contributed by atoms with Gasteiger partial charge in [0.2, 0.25) is 29.5 Å². The number of ketones is 1. The molecule has 0 spiro atoms. The van der Waals surface area contributed by atoms with Gasteiger partial charge in [-0.1, -0.05) is 43.7 Å². The largest absolute Gasteiger partial charge is 0.458 e. The van der Waals surface area contributed by atoms with Gasteiger partial charge in [0.1, 0.15) is 30.9 Å². The monoisotopic (exact) mass is 1050 g/mol. The Labute approximate surface area is 435 Å². The minimum absolute atomic E-state index is 0.0261. The van der Waals surface area contributed by atoms with E-state index in [0.717, 1.165) is 10.5 Å². The number of aliphatic hydroxyl groups is 1. The molecule has 0 fully saturated rings. The Balaban J connectivity index is 0.787. The Hall–Kier alpha value is -7.98. The van der Waals surface area contributed by atoms with E-state index in [4.69, 9.17) is 14.5 Å². The number of rotatable bonds is 24. The van der Waals surface area contributed by atoms with Crippen molar-refractivity contribution < 1.29 is 62.1 Å². The highest BCUT2D eigenvalue weighted by Crippen LogP contribution is 2.46. The van der Waals surface area contributed by atoms with Crippen LogP contribution in [0.15, 0.2) is 59.4 Å². The molecule has 0 radical (unpaired) electrons. The van der Waals surface area contributed by atoms with Crippen molar-refractivity contribution in [1.82, 2.24) is 41.0 Å². The van der Waals surface area contributed by atoms with Crippen LogP contribution in [-0.4, -0.2) is 118 Å². The molecule has 0 unspecified atom stereocenters. The molecular formula is C54H59FN8O13. The molecule has 76 heavy (non-hydrogen) atoms. The number of halogens is 1. The molecule has 5 heterocycles. The van der Waals surface area contributed by atoms with E-state index in [1.807, 2.05) is 0 Å². The number of nitrogens with one attached hydrogen (secondary N) is 5. The van der Waals surface area contributed by atoms with E-state index in [1.54, 1.807) is 50.2 Å². The highest BCUT2D eigenvalue weighted by atomic mass is 19.1. The van der Waals surface area contributed by atoms with Gasteiger partial charge in [0.15, 0.2) is 5.60 Å². The number of esters is 1. The standard InChI is InChI=1S/C54H59FN8O13/c1-3-54(74)36-23-41-50-34(27-63(41)52(72)35(36)28-76-53(54)73)49-38(15-14-33-30(2)37(55)24-39(61-50)48(33)49)59-45(68)29-75-21-19-56-43(66)25-58-51(71)40(22-31-10-6-4-7-11-31)60-44(67)26-57-42(65)16-13-32(64)12-8-5-9-20-62-46(69)17-18-47(62)70/h4,6-7,10-11,17-18,23-24,38,40,74H,3,5,8-9,12-16,19-22,25-29H2,1-2H3,(H,56,66)(H,57,65)(H,58,71)(H,59,68)(H,60,67)/t38-,40-,54-/m0/s1. The van der Waals surface area contributed by atoms with Crippen LogP contribution in [0.5, 0.6) is 0 Å². The molecule has 0 saturated carbocycles. The van der Waals surface area contributed by atoms with Gasteiger partial charge >= 0.3 is 5.97 Å². The molecule has 7 amide bonds. The van der Waals surface area contributed by atoms with Gasteiger partial charge in [0, 0.05) is 73.5 Å². The van der Waals surface area contributed by atoms with E-state index >= 15 is 4.39 Å². The lowest BCUT2D eigenvalue weighted by atomic mass is 9.81. The Morgan fingerprint density at radius 2 is 1.63 bits per heavy atom. The van der Waals surface area contributed by atoms with E-state index in [0.29, 0.717) is 76.6 Å². The van der Waals surface area contributed by atoms with Crippen molar-refractivity contribution in [2.24, 2.45) is 0 Å². The van der Waals surface area contributed by atoms with Crippen LogP contribution >= 0.6 is 0 Å². The number of aromatic nitrogens is 2. The van der Waals surface area contributed by atoms with E-state index in [1.165, 1.54) is 22.8 Å². The van der Waals surface area contributed by atoms with Gasteiger partial charge in [-0.15, -0.1) is 0 Å². The Morgan fingerprint density at radius 1 is 0.882 bits per heavy atom. The van der Waals surface area contributed by atoms with E-state index in [9.17, 15) is 53.1 Å². The number of hydrogen-bond acceptors (Lipinski definition) is 14. The summed E-state index contributed by atoms with van der Waals surface area (Å²) >= 11 is 0. The first kappa shape index (κ1) is 54.3. The molecule has 1 aliphatic carbocycles. The van der Waals surface area contributed by atoms with Crippen molar-refractivity contribution in [2.45, 2.75) is 109 Å². The molecule has 21 nitrogen and oxygen atoms in total. The minimum atomic E-state index is -2.04. The second-order valence-corrected chi connectivity index (χ2v) is 19.2. The fourth-order valence-electron chi connectivity index (χ4n) is 10.1. The van der Waals surface area contributed by atoms with Crippen LogP contribution in [0.1, 0.15) is 103 Å². The summed E-state index contributed by atoms with van der Waals surface area (Å²) in [6.07, 6.45) is 5.01. The van der Waals surface area contributed by atoms with Crippen LogP contribution in [0.25, 0.3) is 22.3 Å². The third-order valence-electron chi connectivity index (χ3n) is 14.2. The Kier molecular flexibility index (Phi) is 16.9. The fraction of sp³-hybridized carbons (Fsp3) is 0.426. The Morgan fingerprint density at radius 3 is 2.38 bits per heavy atom. The van der Waals surface area contributed by atoms with Gasteiger partial charge in [-0.05, 0) is 67.3 Å². The average molecular weight is 1050 g/mol. The molecule has 3 aliphatic heterocycles. The molecule has 0 saturated heterocycles. The number of aryl methyl sites for hydroxylation is 1. The maximum atomic E-state index is 15.4. The lowest BCUT2D eigenvalue weighted by molar-refractivity contribution is -0.172. The third kappa shape index (κ3) is 11.9. The number of ether oxygens (including phenoxy) is 2. The van der Waals surface area contributed by atoms with E-state index < -0.39 is 77.7 Å². The molecule has 2 aromatic heterocycles. The summed E-state index contributed by atoms with van der Waals surface area (Å²) in [6, 6.07) is 10.0. The first-order valence-corrected chi connectivity index (χ1v) is 25.4. The molecule has 4 aliphatic rings. The van der Waals surface area contributed by atoms with Crippen LogP contribution in [0.4, 0.5) is 4.39 Å². The Bertz CT molecular complexity index is 3100. The van der Waals surface area contributed by atoms with Crippen molar-refractivity contribution >= 4 is 64.0 Å². The zero-order chi connectivity index (χ0) is 54.3. The summed E-state index contributed by atoms with van der Waals surface area (Å²) in [7, 11) is 0. The second kappa shape index (κ2) is 23.7. The second-order valence-electron chi connectivity index (χ2n) is 19.2. The normalized spacial score (nSPS) is 17.3. The van der Waals surface area contributed by atoms with E-state index in [-0.39, 0.29) is 100 Å². The van der Waals surface area contributed by atoms with Crippen LogP contribution in [0.2, 0.25) is 0 Å². The predicted molar refractivity (Wildman–Crippen MR) is 269 cm³/mol. The lowest BCUT2D eigenvalue weighted by Gasteiger charge is -2.31. The lowest BCUT2D eigenvalue weighted by Crippen LogP contribution is -2.52. The SMILES string of the molecule is CC[C@@]1(O)C(=O)OCc2c1cc1n(c2=O)Cc2c-1nc1cc(F)c(C)c3c1c2[C@@H](NC(=O)COCCNC(=O)CNC(=O)[C@H](Cc1ccccc1)NC(=O)CNC(=O)CCC(=O)CCCCCN1C(=O)C=CC1=O)CC3. The molecule has 4 aromatic rings. The number of fused-ring (bicyclic) bond motifs is 5. The first-order chi connectivity index (χ1) is 36.5. The van der Waals surface area contributed by atoms with Gasteiger partial charge in [0.25, 0.3) is 17.4 Å². The molecular weight excluding hydrogens is 988 g/mol. The van der Waals surface area contributed by atoms with Crippen LogP contribution < -0.4 is 32.1 Å². The number of benzene rings is 2. The van der Waals surface area contributed by atoms with Gasteiger partial charge < -0.3 is 45.7 Å². The molecule has 400 valence electrons. The van der Waals surface area contributed by atoms with Crippen molar-refractivity contribution in [1.29, 1.82) is 0 Å². The van der Waals surface area contributed by atoms with Gasteiger partial charge in [-0.3, -0.25) is 48.1 Å². The number of amides is 7. The van der Waals surface area contributed by atoms with Crippen LogP contribution in [0, 0.1) is 12.7 Å². The van der Waals surface area contributed by atoms with Gasteiger partial charge in [-0.25, -0.2) is 14.2 Å². The number of imide groups is 1. The quantitative estimate of drug-likeness (QED) is 0.0291. The number of nitrogens with zero attached hydrogens (tertiary/aromatic N) is 3. The summed E-state index contributed by atoms with van der Waals surface area (Å²) in [5, 5.41) is 25.2. The molecule has 0 bridgehead atoms. The summed E-state index contributed by atoms with van der Waals surface area (Å²) in [4.78, 5) is 133. The van der Waals surface area contributed by atoms with Crippen molar-refractivity contribution in [2.75, 3.05) is 39.4 Å². The van der Waals surface area contributed by atoms with Crippen LogP contribution in [-0.2, 0) is 84.2 Å². The predicted octanol–water partition coefficient (Wildman–Crippen LogP) is 1.56. The van der Waals surface area contributed by atoms with Crippen molar-refractivity contribution in [3.05, 3.63) is 110 Å². The smallest absolute Gasteiger partial charge is 0.343 e. The van der Waals surface area contributed by atoms with Crippen LogP contribution in [0.3, 0.4) is 0 Å².